The van der Waals surface area contributed by atoms with E-state index in [1.165, 1.54) is 19.4 Å². The van der Waals surface area contributed by atoms with E-state index < -0.39 is 60.2 Å². The number of fused-ring (bicyclic) bond motifs is 1. The van der Waals surface area contributed by atoms with Crippen molar-refractivity contribution in [3.05, 3.63) is 54.2 Å². The first-order chi connectivity index (χ1) is 18.0. The number of rotatable bonds is 13. The molecule has 38 heavy (non-hydrogen) atoms. The van der Waals surface area contributed by atoms with Gasteiger partial charge in [-0.2, -0.15) is 0 Å². The zero-order valence-electron chi connectivity index (χ0n) is 20.6. The molecule has 2 heterocycles. The third-order valence-electron chi connectivity index (χ3n) is 5.84. The highest BCUT2D eigenvalue weighted by atomic mass is 16.4. The molecule has 0 bridgehead atoms. The first-order valence-corrected chi connectivity index (χ1v) is 11.7. The number of benzene rings is 1. The van der Waals surface area contributed by atoms with Crippen molar-refractivity contribution in [2.75, 3.05) is 0 Å². The normalized spacial score (nSPS) is 14.2. The van der Waals surface area contributed by atoms with Crippen LogP contribution in [0.25, 0.3) is 10.9 Å². The predicted octanol–water partition coefficient (Wildman–Crippen LogP) is -1.56. The summed E-state index contributed by atoms with van der Waals surface area (Å²) in [5, 5.41) is 17.7. The van der Waals surface area contributed by atoms with Gasteiger partial charge in [0.25, 0.3) is 0 Å². The maximum Gasteiger partial charge on any atom is 0.326 e. The SMILES string of the molecule is CC(NC(=O)C(Cc1c[nH]c2ccccc12)NC(=O)C(N)CC(N)=O)C(=O)NC(Cc1cnc[nH]1)C(=O)O. The van der Waals surface area contributed by atoms with Crippen LogP contribution in [0.4, 0.5) is 0 Å². The average Bonchev–Trinajstić information content (AvgIpc) is 3.52. The van der Waals surface area contributed by atoms with E-state index in [0.29, 0.717) is 11.3 Å². The molecule has 4 unspecified atom stereocenters. The number of amides is 4. The largest absolute Gasteiger partial charge is 0.480 e. The first kappa shape index (κ1) is 27.9. The fourth-order valence-electron chi connectivity index (χ4n) is 3.81. The Morgan fingerprint density at radius 3 is 2.34 bits per heavy atom. The van der Waals surface area contributed by atoms with Gasteiger partial charge >= 0.3 is 5.97 Å². The van der Waals surface area contributed by atoms with Crippen molar-refractivity contribution in [1.82, 2.24) is 30.9 Å². The molecule has 0 saturated heterocycles. The number of nitrogens with two attached hydrogens (primary N) is 2. The van der Waals surface area contributed by atoms with E-state index in [0.717, 1.165) is 10.9 Å². The number of carbonyl (C=O) groups excluding carboxylic acids is 4. The highest BCUT2D eigenvalue weighted by molar-refractivity contribution is 5.95. The van der Waals surface area contributed by atoms with Gasteiger partial charge in [-0.3, -0.25) is 19.2 Å². The topological polar surface area (TPSA) is 238 Å². The summed E-state index contributed by atoms with van der Waals surface area (Å²) in [4.78, 5) is 71.0. The lowest BCUT2D eigenvalue weighted by atomic mass is 10.0. The van der Waals surface area contributed by atoms with Crippen LogP contribution >= 0.6 is 0 Å². The minimum Gasteiger partial charge on any atom is -0.480 e. The fourth-order valence-corrected chi connectivity index (χ4v) is 3.81. The monoisotopic (exact) mass is 526 g/mol. The van der Waals surface area contributed by atoms with E-state index in [1.54, 1.807) is 6.20 Å². The molecule has 4 atom stereocenters. The second-order valence-corrected chi connectivity index (χ2v) is 8.81. The van der Waals surface area contributed by atoms with Crippen molar-refractivity contribution in [2.24, 2.45) is 11.5 Å². The number of carboxylic acid groups (broad SMARTS) is 1. The van der Waals surface area contributed by atoms with Crippen LogP contribution in [0.1, 0.15) is 24.6 Å². The van der Waals surface area contributed by atoms with Gasteiger partial charge in [0.2, 0.25) is 23.6 Å². The maximum absolute atomic E-state index is 13.2. The third-order valence-corrected chi connectivity index (χ3v) is 5.84. The van der Waals surface area contributed by atoms with Crippen LogP contribution in [-0.2, 0) is 36.8 Å². The van der Waals surface area contributed by atoms with Gasteiger partial charge in [0.05, 0.1) is 18.8 Å². The molecule has 0 aliphatic heterocycles. The molecule has 0 saturated carbocycles. The summed E-state index contributed by atoms with van der Waals surface area (Å²) in [5.74, 6) is -4.27. The smallest absolute Gasteiger partial charge is 0.326 e. The number of carboxylic acids is 1. The number of aliphatic carboxylic acids is 1. The predicted molar refractivity (Wildman–Crippen MR) is 135 cm³/mol. The number of imidazole rings is 1. The molecule has 2 aromatic heterocycles. The average molecular weight is 527 g/mol. The lowest BCUT2D eigenvalue weighted by Gasteiger charge is -2.23. The van der Waals surface area contributed by atoms with Gasteiger partial charge in [-0.05, 0) is 18.6 Å². The van der Waals surface area contributed by atoms with Crippen LogP contribution in [0.2, 0.25) is 0 Å². The fraction of sp³-hybridized carbons (Fsp3) is 0.333. The molecule has 14 heteroatoms. The minimum absolute atomic E-state index is 0.0385. The molecule has 0 aliphatic carbocycles. The molecular formula is C24H30N8O6. The van der Waals surface area contributed by atoms with E-state index in [2.05, 4.69) is 30.9 Å². The van der Waals surface area contributed by atoms with Crippen molar-refractivity contribution in [1.29, 1.82) is 0 Å². The van der Waals surface area contributed by atoms with Gasteiger partial charge < -0.3 is 42.5 Å². The van der Waals surface area contributed by atoms with Gasteiger partial charge in [0.15, 0.2) is 0 Å². The molecular weight excluding hydrogens is 496 g/mol. The summed E-state index contributed by atoms with van der Waals surface area (Å²) in [7, 11) is 0. The molecule has 3 aromatic rings. The van der Waals surface area contributed by atoms with Crippen molar-refractivity contribution in [3.63, 3.8) is 0 Å². The molecule has 3 rings (SSSR count). The summed E-state index contributed by atoms with van der Waals surface area (Å²) in [6.45, 7) is 1.38. The van der Waals surface area contributed by atoms with Gasteiger partial charge in [-0.25, -0.2) is 9.78 Å². The number of aromatic nitrogens is 3. The van der Waals surface area contributed by atoms with Crippen molar-refractivity contribution in [2.45, 2.75) is 50.4 Å². The Labute approximate surface area is 216 Å². The maximum atomic E-state index is 13.2. The van der Waals surface area contributed by atoms with E-state index >= 15 is 0 Å². The number of primary amides is 1. The number of hydrogen-bond donors (Lipinski definition) is 8. The lowest BCUT2D eigenvalue weighted by molar-refractivity contribution is -0.142. The number of H-pyrrole nitrogens is 2. The third kappa shape index (κ3) is 7.39. The Morgan fingerprint density at radius 1 is 0.974 bits per heavy atom. The Hall–Kier alpha value is -4.72. The molecule has 14 nitrogen and oxygen atoms in total. The second-order valence-electron chi connectivity index (χ2n) is 8.81. The van der Waals surface area contributed by atoms with Gasteiger partial charge in [0, 0.05) is 41.8 Å². The van der Waals surface area contributed by atoms with E-state index in [-0.39, 0.29) is 12.8 Å². The van der Waals surface area contributed by atoms with Crippen LogP contribution in [-0.4, -0.2) is 73.8 Å². The molecule has 10 N–H and O–H groups in total. The number of nitrogens with one attached hydrogen (secondary N) is 5. The lowest BCUT2D eigenvalue weighted by Crippen LogP contribution is -2.57. The second kappa shape index (κ2) is 12.5. The molecule has 0 spiro atoms. The Kier molecular flexibility index (Phi) is 9.16. The number of nitrogens with zero attached hydrogens (tertiary/aromatic N) is 1. The van der Waals surface area contributed by atoms with Gasteiger partial charge in [-0.15, -0.1) is 0 Å². The van der Waals surface area contributed by atoms with E-state index in [4.69, 9.17) is 11.5 Å². The molecule has 0 aliphatic rings. The summed E-state index contributed by atoms with van der Waals surface area (Å²) < 4.78 is 0. The Morgan fingerprint density at radius 2 is 1.68 bits per heavy atom. The summed E-state index contributed by atoms with van der Waals surface area (Å²) >= 11 is 0. The zero-order chi connectivity index (χ0) is 27.8. The Balaban J connectivity index is 1.72. The molecule has 1 aromatic carbocycles. The van der Waals surface area contributed by atoms with Gasteiger partial charge in [-0.1, -0.05) is 18.2 Å². The van der Waals surface area contributed by atoms with Crippen LogP contribution in [0, 0.1) is 0 Å². The van der Waals surface area contributed by atoms with Crippen LogP contribution in [0.3, 0.4) is 0 Å². The van der Waals surface area contributed by atoms with Crippen molar-refractivity contribution in [3.8, 4) is 0 Å². The van der Waals surface area contributed by atoms with Gasteiger partial charge in [0.1, 0.15) is 18.1 Å². The first-order valence-electron chi connectivity index (χ1n) is 11.7. The van der Waals surface area contributed by atoms with Crippen LogP contribution < -0.4 is 27.4 Å². The zero-order valence-corrected chi connectivity index (χ0v) is 20.6. The quantitative estimate of drug-likeness (QED) is 0.129. The minimum atomic E-state index is -1.27. The standard InChI is InChI=1S/C24H30N8O6/c1-12(21(34)32-19(24(37)38)7-14-10-27-11-29-14)30-23(36)18(31-22(35)16(25)8-20(26)33)6-13-9-28-17-5-3-2-4-15(13)17/h2-5,9-12,16,18-19,28H,6-8,25H2,1H3,(H2,26,33)(H,27,29)(H,30,36)(H,31,35)(H,32,34)(H,37,38). The molecule has 0 fully saturated rings. The summed E-state index contributed by atoms with van der Waals surface area (Å²) in [6, 6.07) is 2.51. The molecule has 0 radical (unpaired) electrons. The highest BCUT2D eigenvalue weighted by Crippen LogP contribution is 2.19. The number of hydrogen-bond acceptors (Lipinski definition) is 7. The number of aromatic amines is 2. The molecule has 202 valence electrons. The highest BCUT2D eigenvalue weighted by Gasteiger charge is 2.29. The van der Waals surface area contributed by atoms with Crippen LogP contribution in [0.5, 0.6) is 0 Å². The summed E-state index contributed by atoms with van der Waals surface area (Å²) in [6.07, 6.45) is 4.10. The number of para-hydroxylation sites is 1. The van der Waals surface area contributed by atoms with Crippen molar-refractivity contribution < 1.29 is 29.1 Å². The Bertz CT molecular complexity index is 1300. The van der Waals surface area contributed by atoms with Crippen LogP contribution in [0.15, 0.2) is 43.0 Å². The summed E-state index contributed by atoms with van der Waals surface area (Å²) in [5.41, 5.74) is 12.9. The number of carbonyl (C=O) groups is 5. The van der Waals surface area contributed by atoms with E-state index in [9.17, 15) is 29.1 Å². The molecule has 4 amide bonds. The van der Waals surface area contributed by atoms with E-state index in [1.807, 2.05) is 24.3 Å². The van der Waals surface area contributed by atoms with Crippen molar-refractivity contribution >= 4 is 40.5 Å².